The van der Waals surface area contributed by atoms with Gasteiger partial charge in [0.1, 0.15) is 5.69 Å². The Morgan fingerprint density at radius 3 is 2.36 bits per heavy atom. The van der Waals surface area contributed by atoms with Gasteiger partial charge in [0.05, 0.1) is 0 Å². The van der Waals surface area contributed by atoms with E-state index >= 15 is 0 Å². The number of anilines is 1. The van der Waals surface area contributed by atoms with Crippen LogP contribution < -0.4 is 10.6 Å². The summed E-state index contributed by atoms with van der Waals surface area (Å²) in [5.41, 5.74) is 6.37. The number of aromatic nitrogens is 2. The second-order valence-corrected chi connectivity index (χ2v) is 7.22. The maximum Gasteiger partial charge on any atom is 0.171 e. The van der Waals surface area contributed by atoms with Gasteiger partial charge < -0.3 is 10.6 Å². The van der Waals surface area contributed by atoms with Crippen LogP contribution in [0.3, 0.4) is 0 Å². The summed E-state index contributed by atoms with van der Waals surface area (Å²) in [5, 5.41) is 13.2. The average Bonchev–Trinajstić information content (AvgIpc) is 3.29. The van der Waals surface area contributed by atoms with Crippen LogP contribution in [0.5, 0.6) is 0 Å². The number of benzene rings is 3. The van der Waals surface area contributed by atoms with Crippen LogP contribution in [-0.2, 0) is 6.54 Å². The van der Waals surface area contributed by atoms with Gasteiger partial charge in [0.25, 0.3) is 0 Å². The van der Waals surface area contributed by atoms with Crippen LogP contribution >= 0.6 is 23.8 Å². The molecule has 0 spiro atoms. The smallest absolute Gasteiger partial charge is 0.171 e. The Kier molecular flexibility index (Phi) is 5.70. The number of nitrogens with one attached hydrogen (secondary N) is 2. The van der Waals surface area contributed by atoms with Crippen molar-refractivity contribution in [2.75, 3.05) is 5.32 Å². The van der Waals surface area contributed by atoms with Gasteiger partial charge in [-0.15, -0.1) is 5.10 Å². The van der Waals surface area contributed by atoms with Crippen molar-refractivity contribution in [3.63, 3.8) is 0 Å². The van der Waals surface area contributed by atoms with Gasteiger partial charge in [0.15, 0.2) is 5.11 Å². The Bertz CT molecular complexity index is 1050. The van der Waals surface area contributed by atoms with E-state index < -0.39 is 0 Å². The van der Waals surface area contributed by atoms with Gasteiger partial charge in [-0.3, -0.25) is 0 Å². The lowest BCUT2D eigenvalue weighted by Crippen LogP contribution is -2.28. The van der Waals surface area contributed by atoms with Gasteiger partial charge in [-0.2, -0.15) is 0 Å². The summed E-state index contributed by atoms with van der Waals surface area (Å²) >= 11 is 6.85. The monoisotopic (exact) mass is 402 g/mol. The highest BCUT2D eigenvalue weighted by molar-refractivity contribution is 7.80. The fourth-order valence-corrected chi connectivity index (χ4v) is 3.54. The number of hydrogen-bond donors (Lipinski definition) is 2. The lowest BCUT2D eigenvalue weighted by Gasteiger charge is -2.14. The summed E-state index contributed by atoms with van der Waals surface area (Å²) in [5.74, 6) is 0. The van der Waals surface area contributed by atoms with E-state index in [1.807, 2.05) is 41.8 Å². The van der Waals surface area contributed by atoms with Crippen molar-refractivity contribution in [3.8, 4) is 22.4 Å². The van der Waals surface area contributed by atoms with Crippen molar-refractivity contribution in [1.29, 1.82) is 0 Å². The standard InChI is InChI=1S/C22H18N4S2/c27-22(23-14-16-10-12-18(13-11-16)21-15-28-26-25-21)24-20-9-5-4-8-19(20)17-6-2-1-3-7-17/h1-13,15H,14H2,(H2,23,24,27). The zero-order chi connectivity index (χ0) is 19.2. The number of hydrogen-bond acceptors (Lipinski definition) is 4. The van der Waals surface area contributed by atoms with Crippen LogP contribution in [0.1, 0.15) is 5.56 Å². The lowest BCUT2D eigenvalue weighted by molar-refractivity contribution is 0.926. The molecule has 2 N–H and O–H groups in total. The fourth-order valence-electron chi connectivity index (χ4n) is 2.89. The first-order valence-electron chi connectivity index (χ1n) is 8.85. The third kappa shape index (κ3) is 4.42. The van der Waals surface area contributed by atoms with Gasteiger partial charge in [0, 0.05) is 28.7 Å². The molecule has 0 atom stereocenters. The van der Waals surface area contributed by atoms with E-state index in [9.17, 15) is 0 Å². The zero-order valence-electron chi connectivity index (χ0n) is 15.0. The normalized spacial score (nSPS) is 10.4. The number of rotatable bonds is 5. The Morgan fingerprint density at radius 1 is 0.857 bits per heavy atom. The maximum atomic E-state index is 5.50. The quantitative estimate of drug-likeness (QED) is 0.440. The van der Waals surface area contributed by atoms with Gasteiger partial charge in [0.2, 0.25) is 0 Å². The zero-order valence-corrected chi connectivity index (χ0v) is 16.6. The van der Waals surface area contributed by atoms with E-state index in [1.165, 1.54) is 11.5 Å². The molecule has 4 nitrogen and oxygen atoms in total. The molecule has 0 saturated carbocycles. The molecule has 4 rings (SSSR count). The first-order valence-corrected chi connectivity index (χ1v) is 10.1. The molecule has 28 heavy (non-hydrogen) atoms. The van der Waals surface area contributed by atoms with E-state index in [-0.39, 0.29) is 0 Å². The lowest BCUT2D eigenvalue weighted by atomic mass is 10.0. The van der Waals surface area contributed by atoms with Crippen LogP contribution in [0.25, 0.3) is 22.4 Å². The molecule has 0 aliphatic heterocycles. The first-order chi connectivity index (χ1) is 13.8. The Labute approximate surface area is 173 Å². The molecule has 0 aliphatic rings. The van der Waals surface area contributed by atoms with Crippen LogP contribution in [0.2, 0.25) is 0 Å². The van der Waals surface area contributed by atoms with E-state index in [0.29, 0.717) is 11.7 Å². The Hall–Kier alpha value is -3.09. The molecular formula is C22H18N4S2. The molecule has 3 aromatic carbocycles. The molecule has 0 amide bonds. The van der Waals surface area contributed by atoms with Gasteiger partial charge >= 0.3 is 0 Å². The molecule has 1 heterocycles. The Balaban J connectivity index is 1.39. The molecule has 6 heteroatoms. The highest BCUT2D eigenvalue weighted by Crippen LogP contribution is 2.27. The van der Waals surface area contributed by atoms with Gasteiger partial charge in [-0.1, -0.05) is 77.3 Å². The summed E-state index contributed by atoms with van der Waals surface area (Å²) in [7, 11) is 0. The summed E-state index contributed by atoms with van der Waals surface area (Å²) in [4.78, 5) is 0. The van der Waals surface area contributed by atoms with Crippen molar-refractivity contribution in [2.45, 2.75) is 6.54 Å². The molecule has 0 radical (unpaired) electrons. The molecule has 0 aliphatic carbocycles. The minimum atomic E-state index is 0.594. The van der Waals surface area contributed by atoms with Crippen molar-refractivity contribution in [1.82, 2.24) is 14.9 Å². The number of thiocarbonyl (C=S) groups is 1. The first kappa shape index (κ1) is 18.3. The summed E-state index contributed by atoms with van der Waals surface area (Å²) in [6, 6.07) is 26.7. The molecule has 0 fully saturated rings. The molecule has 1 aromatic heterocycles. The summed E-state index contributed by atoms with van der Waals surface area (Å²) in [6.45, 7) is 0.648. The van der Waals surface area contributed by atoms with E-state index in [0.717, 1.165) is 33.6 Å². The third-order valence-corrected chi connectivity index (χ3v) is 5.07. The Morgan fingerprint density at radius 2 is 1.61 bits per heavy atom. The van der Waals surface area contributed by atoms with Gasteiger partial charge in [-0.25, -0.2) is 0 Å². The van der Waals surface area contributed by atoms with E-state index in [2.05, 4.69) is 62.7 Å². The van der Waals surface area contributed by atoms with Crippen molar-refractivity contribution in [3.05, 3.63) is 89.8 Å². The molecule has 4 aromatic rings. The second-order valence-electron chi connectivity index (χ2n) is 6.21. The number of nitrogens with zero attached hydrogens (tertiary/aromatic N) is 2. The SMILES string of the molecule is S=C(NCc1ccc(-c2csnn2)cc1)Nc1ccccc1-c1ccccc1. The summed E-state index contributed by atoms with van der Waals surface area (Å²) in [6.07, 6.45) is 0. The fraction of sp³-hybridized carbons (Fsp3) is 0.0455. The van der Waals surface area contributed by atoms with Crippen molar-refractivity contribution < 1.29 is 0 Å². The molecule has 138 valence electrons. The minimum absolute atomic E-state index is 0.594. The maximum absolute atomic E-state index is 5.50. The number of para-hydroxylation sites is 1. The highest BCUT2D eigenvalue weighted by atomic mass is 32.1. The second kappa shape index (κ2) is 8.73. The topological polar surface area (TPSA) is 49.8 Å². The molecule has 0 bridgehead atoms. The van der Waals surface area contributed by atoms with Crippen molar-refractivity contribution >= 4 is 34.6 Å². The highest BCUT2D eigenvalue weighted by Gasteiger charge is 2.06. The van der Waals surface area contributed by atoms with Crippen LogP contribution in [0.4, 0.5) is 5.69 Å². The van der Waals surface area contributed by atoms with E-state index in [4.69, 9.17) is 12.2 Å². The van der Waals surface area contributed by atoms with Crippen LogP contribution in [-0.4, -0.2) is 14.7 Å². The minimum Gasteiger partial charge on any atom is -0.358 e. The summed E-state index contributed by atoms with van der Waals surface area (Å²) < 4.78 is 3.90. The molecule has 0 saturated heterocycles. The third-order valence-electron chi connectivity index (χ3n) is 4.32. The van der Waals surface area contributed by atoms with Crippen LogP contribution in [0.15, 0.2) is 84.2 Å². The molecule has 0 unspecified atom stereocenters. The van der Waals surface area contributed by atoms with Crippen molar-refractivity contribution in [2.24, 2.45) is 0 Å². The largest absolute Gasteiger partial charge is 0.358 e. The van der Waals surface area contributed by atoms with Crippen LogP contribution in [0, 0.1) is 0 Å². The van der Waals surface area contributed by atoms with E-state index in [1.54, 1.807) is 0 Å². The molecular weight excluding hydrogens is 384 g/mol. The predicted octanol–water partition coefficient (Wildman–Crippen LogP) is 5.36. The average molecular weight is 403 g/mol. The predicted molar refractivity (Wildman–Crippen MR) is 120 cm³/mol. The van der Waals surface area contributed by atoms with Gasteiger partial charge in [-0.05, 0) is 40.9 Å².